The van der Waals surface area contributed by atoms with Crippen molar-refractivity contribution in [2.75, 3.05) is 6.26 Å². The Bertz CT molecular complexity index is 720. The van der Waals surface area contributed by atoms with Crippen molar-refractivity contribution in [2.24, 2.45) is 0 Å². The Kier molecular flexibility index (Phi) is 4.47. The van der Waals surface area contributed by atoms with Gasteiger partial charge in [0.25, 0.3) is 5.91 Å². The Labute approximate surface area is 123 Å². The molecule has 2 aromatic rings. The van der Waals surface area contributed by atoms with E-state index in [0.29, 0.717) is 12.0 Å². The Morgan fingerprint density at radius 2 is 2.05 bits per heavy atom. The van der Waals surface area contributed by atoms with E-state index in [0.717, 1.165) is 12.0 Å². The Morgan fingerprint density at radius 3 is 2.67 bits per heavy atom. The van der Waals surface area contributed by atoms with Gasteiger partial charge in [-0.2, -0.15) is 0 Å². The fourth-order valence-electron chi connectivity index (χ4n) is 1.96. The Balaban J connectivity index is 2.06. The first-order valence-corrected chi connectivity index (χ1v) is 8.39. The minimum atomic E-state index is -3.32. The van der Waals surface area contributed by atoms with Gasteiger partial charge in [0.1, 0.15) is 5.76 Å². The summed E-state index contributed by atoms with van der Waals surface area (Å²) in [5.74, 6) is 0.479. The molecule has 0 fully saturated rings. The highest BCUT2D eigenvalue weighted by Gasteiger charge is 2.14. The number of hydrogen-bond acceptors (Lipinski definition) is 4. The molecule has 5 nitrogen and oxygen atoms in total. The zero-order valence-electron chi connectivity index (χ0n) is 11.9. The maximum absolute atomic E-state index is 12.1. The molecule has 1 atom stereocenters. The normalized spacial score (nSPS) is 12.9. The van der Waals surface area contributed by atoms with Crippen LogP contribution < -0.4 is 5.32 Å². The lowest BCUT2D eigenvalue weighted by Crippen LogP contribution is -2.34. The lowest BCUT2D eigenvalue weighted by atomic mass is 10.1. The van der Waals surface area contributed by atoms with E-state index in [4.69, 9.17) is 4.42 Å². The average Bonchev–Trinajstić information content (AvgIpc) is 2.90. The van der Waals surface area contributed by atoms with Gasteiger partial charge < -0.3 is 9.73 Å². The van der Waals surface area contributed by atoms with E-state index < -0.39 is 9.84 Å². The highest BCUT2D eigenvalue weighted by atomic mass is 32.2. The van der Waals surface area contributed by atoms with Gasteiger partial charge in [0.05, 0.1) is 11.2 Å². The first-order valence-electron chi connectivity index (χ1n) is 6.49. The lowest BCUT2D eigenvalue weighted by Gasteiger charge is -2.13. The van der Waals surface area contributed by atoms with Crippen molar-refractivity contribution in [2.45, 2.75) is 24.3 Å². The molecule has 0 saturated heterocycles. The molecule has 112 valence electrons. The van der Waals surface area contributed by atoms with Crippen LogP contribution >= 0.6 is 0 Å². The van der Waals surface area contributed by atoms with Crippen LogP contribution in [-0.2, 0) is 16.3 Å². The molecule has 0 saturated carbocycles. The van der Waals surface area contributed by atoms with Gasteiger partial charge in [-0.15, -0.1) is 0 Å². The number of rotatable bonds is 5. The van der Waals surface area contributed by atoms with Gasteiger partial charge in [-0.1, -0.05) is 6.07 Å². The fourth-order valence-corrected chi connectivity index (χ4v) is 2.62. The van der Waals surface area contributed by atoms with Crippen molar-refractivity contribution in [1.82, 2.24) is 5.32 Å². The monoisotopic (exact) mass is 307 g/mol. The van der Waals surface area contributed by atoms with Crippen LogP contribution in [0.2, 0.25) is 0 Å². The molecule has 2 rings (SSSR count). The van der Waals surface area contributed by atoms with Crippen molar-refractivity contribution in [3.05, 3.63) is 54.0 Å². The smallest absolute Gasteiger partial charge is 0.251 e. The van der Waals surface area contributed by atoms with Gasteiger partial charge in [-0.25, -0.2) is 8.42 Å². The van der Waals surface area contributed by atoms with E-state index >= 15 is 0 Å². The number of carbonyl (C=O) groups excluding carboxylic acids is 1. The van der Waals surface area contributed by atoms with E-state index in [9.17, 15) is 13.2 Å². The molecule has 21 heavy (non-hydrogen) atoms. The molecule has 0 aliphatic carbocycles. The van der Waals surface area contributed by atoms with E-state index in [2.05, 4.69) is 5.32 Å². The SMILES string of the molecule is C[C@@H](Cc1ccco1)NC(=O)c1cccc(S(C)(=O)=O)c1. The van der Waals surface area contributed by atoms with E-state index in [1.165, 1.54) is 12.1 Å². The largest absolute Gasteiger partial charge is 0.469 e. The standard InChI is InChI=1S/C15H17NO4S/c1-11(9-13-6-4-8-20-13)16-15(17)12-5-3-7-14(10-12)21(2,18)19/h3-8,10-11H,9H2,1-2H3,(H,16,17)/t11-/m0/s1. The molecule has 1 aromatic heterocycles. The quantitative estimate of drug-likeness (QED) is 0.917. The summed E-state index contributed by atoms with van der Waals surface area (Å²) in [6.07, 6.45) is 3.27. The number of sulfone groups is 1. The summed E-state index contributed by atoms with van der Waals surface area (Å²) in [6.45, 7) is 1.86. The van der Waals surface area contributed by atoms with Crippen LogP contribution in [0.15, 0.2) is 52.0 Å². The summed E-state index contributed by atoms with van der Waals surface area (Å²) < 4.78 is 28.2. The average molecular weight is 307 g/mol. The van der Waals surface area contributed by atoms with Gasteiger partial charge in [-0.05, 0) is 37.3 Å². The first kappa shape index (κ1) is 15.3. The molecule has 0 radical (unpaired) electrons. The van der Waals surface area contributed by atoms with E-state index in [1.54, 1.807) is 24.5 Å². The van der Waals surface area contributed by atoms with E-state index in [-0.39, 0.29) is 16.8 Å². The molecule has 0 spiro atoms. The van der Waals surface area contributed by atoms with Gasteiger partial charge in [0, 0.05) is 24.3 Å². The summed E-state index contributed by atoms with van der Waals surface area (Å²) in [6, 6.07) is 9.51. The number of nitrogens with one attached hydrogen (secondary N) is 1. The number of furan rings is 1. The van der Waals surface area contributed by atoms with Crippen LogP contribution in [0.25, 0.3) is 0 Å². The summed E-state index contributed by atoms with van der Waals surface area (Å²) >= 11 is 0. The molecular weight excluding hydrogens is 290 g/mol. The second-order valence-corrected chi connectivity index (χ2v) is 6.97. The van der Waals surface area contributed by atoms with Gasteiger partial charge in [0.2, 0.25) is 0 Å². The Hall–Kier alpha value is -2.08. The third-order valence-corrected chi connectivity index (χ3v) is 4.10. The Morgan fingerprint density at radius 1 is 1.29 bits per heavy atom. The molecule has 6 heteroatoms. The van der Waals surface area contributed by atoms with Crippen LogP contribution in [0.3, 0.4) is 0 Å². The van der Waals surface area contributed by atoms with Crippen molar-refractivity contribution in [3.8, 4) is 0 Å². The topological polar surface area (TPSA) is 76.4 Å². The molecule has 0 unspecified atom stereocenters. The third kappa shape index (κ3) is 4.19. The summed E-state index contributed by atoms with van der Waals surface area (Å²) in [5, 5.41) is 2.82. The number of hydrogen-bond donors (Lipinski definition) is 1. The second-order valence-electron chi connectivity index (χ2n) is 4.96. The van der Waals surface area contributed by atoms with Gasteiger partial charge in [0.15, 0.2) is 9.84 Å². The molecule has 1 aromatic carbocycles. The van der Waals surface area contributed by atoms with E-state index in [1.807, 2.05) is 13.0 Å². The minimum Gasteiger partial charge on any atom is -0.469 e. The van der Waals surface area contributed by atoms with Crippen LogP contribution in [0.5, 0.6) is 0 Å². The molecule has 0 aliphatic heterocycles. The summed E-state index contributed by atoms with van der Waals surface area (Å²) in [7, 11) is -3.32. The maximum Gasteiger partial charge on any atom is 0.251 e. The third-order valence-electron chi connectivity index (χ3n) is 2.99. The van der Waals surface area contributed by atoms with Crippen LogP contribution in [0, 0.1) is 0 Å². The number of carbonyl (C=O) groups is 1. The predicted octanol–water partition coefficient (Wildman–Crippen LogP) is 2.04. The molecule has 0 bridgehead atoms. The highest BCUT2D eigenvalue weighted by molar-refractivity contribution is 7.90. The zero-order chi connectivity index (χ0) is 15.5. The first-order chi connectivity index (χ1) is 9.86. The van der Waals surface area contributed by atoms with Gasteiger partial charge >= 0.3 is 0 Å². The predicted molar refractivity (Wildman–Crippen MR) is 78.9 cm³/mol. The molecule has 1 N–H and O–H groups in total. The van der Waals surface area contributed by atoms with Crippen LogP contribution in [-0.4, -0.2) is 26.6 Å². The van der Waals surface area contributed by atoms with Crippen molar-refractivity contribution in [1.29, 1.82) is 0 Å². The zero-order valence-corrected chi connectivity index (χ0v) is 12.7. The summed E-state index contributed by atoms with van der Waals surface area (Å²) in [4.78, 5) is 12.3. The minimum absolute atomic E-state index is 0.120. The molecule has 0 aliphatic rings. The van der Waals surface area contributed by atoms with Crippen molar-refractivity contribution >= 4 is 15.7 Å². The molecule has 1 heterocycles. The number of amides is 1. The van der Waals surface area contributed by atoms with Crippen molar-refractivity contribution in [3.63, 3.8) is 0 Å². The highest BCUT2D eigenvalue weighted by Crippen LogP contribution is 2.12. The number of benzene rings is 1. The molecule has 1 amide bonds. The van der Waals surface area contributed by atoms with Crippen LogP contribution in [0.1, 0.15) is 23.0 Å². The fraction of sp³-hybridized carbons (Fsp3) is 0.267. The maximum atomic E-state index is 12.1. The van der Waals surface area contributed by atoms with Crippen LogP contribution in [0.4, 0.5) is 0 Å². The summed E-state index contributed by atoms with van der Waals surface area (Å²) in [5.41, 5.74) is 0.323. The van der Waals surface area contributed by atoms with Gasteiger partial charge in [-0.3, -0.25) is 4.79 Å². The second kappa shape index (κ2) is 6.13. The lowest BCUT2D eigenvalue weighted by molar-refractivity contribution is 0.0939. The van der Waals surface area contributed by atoms with Crippen molar-refractivity contribution < 1.29 is 17.6 Å². The molecular formula is C15H17NO4S.